The first kappa shape index (κ1) is 14.7. The van der Waals surface area contributed by atoms with E-state index < -0.39 is 0 Å². The standard InChI is InChI=1S/C14H15ClN4S/c1-3-16-14(20)19-17-8-11-7-10-5-4-9(2)6-12(10)18-13(11)15/h4-8H,3H2,1-2H3,(H2,16,19,20)/b17-8+. The Bertz CT molecular complexity index is 670. The molecule has 2 aromatic rings. The number of halogens is 1. The van der Waals surface area contributed by atoms with Crippen LogP contribution in [0.4, 0.5) is 0 Å². The van der Waals surface area contributed by atoms with E-state index in [1.807, 2.05) is 38.1 Å². The van der Waals surface area contributed by atoms with E-state index in [1.54, 1.807) is 6.21 Å². The number of nitrogens with one attached hydrogen (secondary N) is 2. The lowest BCUT2D eigenvalue weighted by atomic mass is 10.1. The minimum Gasteiger partial charge on any atom is -0.362 e. The summed E-state index contributed by atoms with van der Waals surface area (Å²) in [6.07, 6.45) is 1.61. The summed E-state index contributed by atoms with van der Waals surface area (Å²) >= 11 is 11.2. The Labute approximate surface area is 128 Å². The van der Waals surface area contributed by atoms with Crippen LogP contribution in [0.5, 0.6) is 0 Å². The topological polar surface area (TPSA) is 49.3 Å². The fourth-order valence-corrected chi connectivity index (χ4v) is 2.11. The molecule has 0 radical (unpaired) electrons. The Morgan fingerprint density at radius 1 is 1.45 bits per heavy atom. The van der Waals surface area contributed by atoms with E-state index in [4.69, 9.17) is 23.8 Å². The highest BCUT2D eigenvalue weighted by atomic mass is 35.5. The molecule has 0 aliphatic rings. The minimum atomic E-state index is 0.419. The van der Waals surface area contributed by atoms with Crippen molar-refractivity contribution in [2.45, 2.75) is 13.8 Å². The predicted octanol–water partition coefficient (Wildman–Crippen LogP) is 3.01. The number of thiocarbonyl (C=S) groups is 1. The van der Waals surface area contributed by atoms with Crippen LogP contribution < -0.4 is 10.7 Å². The van der Waals surface area contributed by atoms with E-state index in [1.165, 1.54) is 0 Å². The molecule has 1 aromatic carbocycles. The van der Waals surface area contributed by atoms with Crippen LogP contribution in [0, 0.1) is 6.92 Å². The van der Waals surface area contributed by atoms with Gasteiger partial charge in [0.25, 0.3) is 0 Å². The first-order valence-corrected chi connectivity index (χ1v) is 7.02. The first-order valence-electron chi connectivity index (χ1n) is 6.24. The number of pyridine rings is 1. The van der Waals surface area contributed by atoms with E-state index in [0.29, 0.717) is 10.3 Å². The molecule has 104 valence electrons. The SMILES string of the molecule is CCNC(=S)N/N=C/c1cc2ccc(C)cc2nc1Cl. The van der Waals surface area contributed by atoms with Crippen molar-refractivity contribution in [1.82, 2.24) is 15.7 Å². The van der Waals surface area contributed by atoms with Crippen molar-refractivity contribution >= 4 is 46.0 Å². The van der Waals surface area contributed by atoms with Crippen LogP contribution in [-0.4, -0.2) is 22.9 Å². The molecule has 0 aliphatic heterocycles. The van der Waals surface area contributed by atoms with Crippen molar-refractivity contribution in [3.63, 3.8) is 0 Å². The molecule has 4 nitrogen and oxygen atoms in total. The average Bonchev–Trinajstić information content (AvgIpc) is 2.40. The molecular formula is C14H15ClN4S. The molecule has 20 heavy (non-hydrogen) atoms. The van der Waals surface area contributed by atoms with Crippen LogP contribution in [0.1, 0.15) is 18.1 Å². The summed E-state index contributed by atoms with van der Waals surface area (Å²) in [5.74, 6) is 0. The van der Waals surface area contributed by atoms with Crippen molar-refractivity contribution < 1.29 is 0 Å². The zero-order valence-electron chi connectivity index (χ0n) is 11.3. The number of aromatic nitrogens is 1. The van der Waals surface area contributed by atoms with Crippen molar-refractivity contribution in [3.8, 4) is 0 Å². The predicted molar refractivity (Wildman–Crippen MR) is 88.5 cm³/mol. The second-order valence-electron chi connectivity index (χ2n) is 4.29. The van der Waals surface area contributed by atoms with Gasteiger partial charge < -0.3 is 5.32 Å². The van der Waals surface area contributed by atoms with Gasteiger partial charge >= 0.3 is 0 Å². The van der Waals surface area contributed by atoms with Crippen LogP contribution in [0.25, 0.3) is 10.9 Å². The van der Waals surface area contributed by atoms with Gasteiger partial charge in [-0.2, -0.15) is 5.10 Å². The molecule has 2 rings (SSSR count). The third kappa shape index (κ3) is 3.65. The summed E-state index contributed by atoms with van der Waals surface area (Å²) in [4.78, 5) is 4.37. The molecule has 0 aliphatic carbocycles. The number of nitrogens with zero attached hydrogens (tertiary/aromatic N) is 2. The summed E-state index contributed by atoms with van der Waals surface area (Å²) in [6, 6.07) is 8.01. The first-order chi connectivity index (χ1) is 9.60. The van der Waals surface area contributed by atoms with E-state index in [-0.39, 0.29) is 0 Å². The molecule has 0 fully saturated rings. The molecular weight excluding hydrogens is 292 g/mol. The van der Waals surface area contributed by atoms with Gasteiger partial charge in [0.1, 0.15) is 5.15 Å². The molecule has 0 spiro atoms. The highest BCUT2D eigenvalue weighted by molar-refractivity contribution is 7.80. The highest BCUT2D eigenvalue weighted by Gasteiger charge is 2.03. The molecule has 1 heterocycles. The van der Waals surface area contributed by atoms with Crippen LogP contribution in [0.2, 0.25) is 5.15 Å². The zero-order valence-corrected chi connectivity index (χ0v) is 12.8. The molecule has 0 amide bonds. The van der Waals surface area contributed by atoms with Gasteiger partial charge in [-0.15, -0.1) is 0 Å². The highest BCUT2D eigenvalue weighted by Crippen LogP contribution is 2.20. The van der Waals surface area contributed by atoms with E-state index >= 15 is 0 Å². The number of hydrogen-bond donors (Lipinski definition) is 2. The van der Waals surface area contributed by atoms with Gasteiger partial charge in [0.05, 0.1) is 11.7 Å². The Balaban J connectivity index is 2.22. The second kappa shape index (κ2) is 6.63. The van der Waals surface area contributed by atoms with Gasteiger partial charge in [-0.1, -0.05) is 23.7 Å². The van der Waals surface area contributed by atoms with Gasteiger partial charge in [0.2, 0.25) is 0 Å². The molecule has 0 saturated heterocycles. The zero-order chi connectivity index (χ0) is 14.5. The number of hydrogen-bond acceptors (Lipinski definition) is 3. The van der Waals surface area contributed by atoms with E-state index in [2.05, 4.69) is 20.8 Å². The third-order valence-corrected chi connectivity index (χ3v) is 3.20. The third-order valence-electron chi connectivity index (χ3n) is 2.66. The lowest BCUT2D eigenvalue weighted by Gasteiger charge is -2.04. The summed E-state index contributed by atoms with van der Waals surface area (Å²) in [6.45, 7) is 4.73. The number of fused-ring (bicyclic) bond motifs is 1. The van der Waals surface area contributed by atoms with E-state index in [0.717, 1.165) is 28.6 Å². The molecule has 6 heteroatoms. The molecule has 0 unspecified atom stereocenters. The number of rotatable bonds is 3. The van der Waals surface area contributed by atoms with Crippen LogP contribution in [-0.2, 0) is 0 Å². The van der Waals surface area contributed by atoms with Crippen LogP contribution in [0.15, 0.2) is 29.4 Å². The number of aryl methyl sites for hydroxylation is 1. The fourth-order valence-electron chi connectivity index (χ4n) is 1.72. The summed E-state index contributed by atoms with van der Waals surface area (Å²) in [5.41, 5.74) is 5.50. The van der Waals surface area contributed by atoms with Gasteiger partial charge in [-0.3, -0.25) is 5.43 Å². The van der Waals surface area contributed by atoms with Gasteiger partial charge in [0.15, 0.2) is 5.11 Å². The van der Waals surface area contributed by atoms with Gasteiger partial charge in [0, 0.05) is 17.5 Å². The van der Waals surface area contributed by atoms with Crippen LogP contribution >= 0.6 is 23.8 Å². The lowest BCUT2D eigenvalue weighted by Crippen LogP contribution is -2.31. The Kier molecular flexibility index (Phi) is 4.87. The van der Waals surface area contributed by atoms with Crippen LogP contribution in [0.3, 0.4) is 0 Å². The van der Waals surface area contributed by atoms with Crippen molar-refractivity contribution in [2.75, 3.05) is 6.54 Å². The molecule has 0 atom stereocenters. The monoisotopic (exact) mass is 306 g/mol. The quantitative estimate of drug-likeness (QED) is 0.396. The maximum atomic E-state index is 6.15. The summed E-state index contributed by atoms with van der Waals surface area (Å²) in [5, 5.41) is 8.90. The lowest BCUT2D eigenvalue weighted by molar-refractivity contribution is 0.904. The van der Waals surface area contributed by atoms with E-state index in [9.17, 15) is 0 Å². The van der Waals surface area contributed by atoms with Gasteiger partial charge in [-0.25, -0.2) is 4.98 Å². The molecule has 0 saturated carbocycles. The second-order valence-corrected chi connectivity index (χ2v) is 5.06. The fraction of sp³-hybridized carbons (Fsp3) is 0.214. The van der Waals surface area contributed by atoms with Gasteiger partial charge in [-0.05, 0) is 43.8 Å². The largest absolute Gasteiger partial charge is 0.362 e. The van der Waals surface area contributed by atoms with Crippen molar-refractivity contribution in [3.05, 3.63) is 40.5 Å². The maximum Gasteiger partial charge on any atom is 0.186 e. The summed E-state index contributed by atoms with van der Waals surface area (Å²) < 4.78 is 0. The normalized spacial score (nSPS) is 10.9. The average molecular weight is 307 g/mol. The number of benzene rings is 1. The molecule has 1 aromatic heterocycles. The summed E-state index contributed by atoms with van der Waals surface area (Å²) in [7, 11) is 0. The Hall–Kier alpha value is -1.72. The number of hydrazone groups is 1. The minimum absolute atomic E-state index is 0.419. The Morgan fingerprint density at radius 2 is 2.25 bits per heavy atom. The van der Waals surface area contributed by atoms with Crippen molar-refractivity contribution in [2.24, 2.45) is 5.10 Å². The van der Waals surface area contributed by atoms with Crippen molar-refractivity contribution in [1.29, 1.82) is 0 Å². The smallest absolute Gasteiger partial charge is 0.186 e. The molecule has 0 bridgehead atoms. The Morgan fingerprint density at radius 3 is 3.00 bits per heavy atom. The molecule has 2 N–H and O–H groups in total. The maximum absolute atomic E-state index is 6.15.